The third-order valence-electron chi connectivity index (χ3n) is 3.02. The third-order valence-corrected chi connectivity index (χ3v) is 3.02. The van der Waals surface area contributed by atoms with E-state index in [-0.39, 0.29) is 18.3 Å². The summed E-state index contributed by atoms with van der Waals surface area (Å²) in [6.45, 7) is 3.95. The fourth-order valence-electron chi connectivity index (χ4n) is 1.51. The molecule has 3 N–H and O–H groups in total. The van der Waals surface area contributed by atoms with Crippen LogP contribution in [0.4, 0.5) is 5.69 Å². The van der Waals surface area contributed by atoms with Crippen LogP contribution >= 0.6 is 12.4 Å². The molecule has 0 unspecified atom stereocenters. The third kappa shape index (κ3) is 3.59. The molecule has 0 fully saturated rings. The average molecular weight is 295 g/mol. The van der Waals surface area contributed by atoms with Gasteiger partial charge in [-0.1, -0.05) is 0 Å². The van der Waals surface area contributed by atoms with Gasteiger partial charge in [-0.2, -0.15) is 5.10 Å². The van der Waals surface area contributed by atoms with E-state index >= 15 is 0 Å². The second kappa shape index (κ2) is 6.54. The number of anilines is 1. The first-order chi connectivity index (χ1) is 9.03. The molecule has 2 rings (SSSR count). The molecular formula is C14H19ClN4O. The zero-order valence-electron chi connectivity index (χ0n) is 11.5. The van der Waals surface area contributed by atoms with Crippen LogP contribution < -0.4 is 11.1 Å². The normalized spacial score (nSPS) is 10.8. The number of nitrogens with two attached hydrogens (primary N) is 1. The summed E-state index contributed by atoms with van der Waals surface area (Å²) in [4.78, 5) is 12.0. The van der Waals surface area contributed by atoms with Crippen molar-refractivity contribution in [1.29, 1.82) is 0 Å². The SMILES string of the molecule is CC(C)(CN)C(=O)Nc1ccc(-n2cccn2)cc1.Cl. The van der Waals surface area contributed by atoms with Gasteiger partial charge in [-0.3, -0.25) is 4.79 Å². The number of nitrogens with zero attached hydrogens (tertiary/aromatic N) is 2. The predicted octanol–water partition coefficient (Wildman–Crippen LogP) is 2.22. The lowest BCUT2D eigenvalue weighted by atomic mass is 9.92. The number of amides is 1. The van der Waals surface area contributed by atoms with Crippen molar-refractivity contribution in [1.82, 2.24) is 9.78 Å². The molecular weight excluding hydrogens is 276 g/mol. The Kier molecular flexibility index (Phi) is 5.30. The number of rotatable bonds is 4. The van der Waals surface area contributed by atoms with Gasteiger partial charge in [0, 0.05) is 24.6 Å². The standard InChI is InChI=1S/C14H18N4O.ClH/c1-14(2,10-15)13(19)17-11-4-6-12(7-5-11)18-9-3-8-16-18;/h3-9H,10,15H2,1-2H3,(H,17,19);1H. The monoisotopic (exact) mass is 294 g/mol. The predicted molar refractivity (Wildman–Crippen MR) is 82.3 cm³/mol. The summed E-state index contributed by atoms with van der Waals surface area (Å²) in [6, 6.07) is 9.36. The number of hydrogen-bond acceptors (Lipinski definition) is 3. The molecule has 0 aliphatic heterocycles. The number of halogens is 1. The number of carbonyl (C=O) groups is 1. The summed E-state index contributed by atoms with van der Waals surface area (Å²) < 4.78 is 1.76. The first-order valence-corrected chi connectivity index (χ1v) is 6.14. The fourth-order valence-corrected chi connectivity index (χ4v) is 1.51. The Bertz CT molecular complexity index is 549. The second-order valence-electron chi connectivity index (χ2n) is 5.04. The van der Waals surface area contributed by atoms with Crippen LogP contribution in [0, 0.1) is 5.41 Å². The van der Waals surface area contributed by atoms with Gasteiger partial charge in [-0.25, -0.2) is 4.68 Å². The first kappa shape index (κ1) is 16.2. The summed E-state index contributed by atoms with van der Waals surface area (Å²) in [6.07, 6.45) is 3.59. The highest BCUT2D eigenvalue weighted by molar-refractivity contribution is 5.95. The molecule has 0 spiro atoms. The van der Waals surface area contributed by atoms with Crippen molar-refractivity contribution in [2.24, 2.45) is 11.1 Å². The number of hydrogen-bond donors (Lipinski definition) is 2. The van der Waals surface area contributed by atoms with Crippen molar-refractivity contribution in [2.45, 2.75) is 13.8 Å². The molecule has 0 saturated carbocycles. The Hall–Kier alpha value is -1.85. The van der Waals surface area contributed by atoms with Gasteiger partial charge in [0.15, 0.2) is 0 Å². The van der Waals surface area contributed by atoms with Crippen LogP contribution in [-0.2, 0) is 4.79 Å². The summed E-state index contributed by atoms with van der Waals surface area (Å²) in [5, 5.41) is 7.00. The van der Waals surface area contributed by atoms with Crippen molar-refractivity contribution in [3.63, 3.8) is 0 Å². The van der Waals surface area contributed by atoms with E-state index in [1.807, 2.05) is 50.4 Å². The zero-order chi connectivity index (χ0) is 13.9. The van der Waals surface area contributed by atoms with Gasteiger partial charge in [-0.05, 0) is 44.2 Å². The Labute approximate surface area is 124 Å². The van der Waals surface area contributed by atoms with Crippen molar-refractivity contribution in [3.05, 3.63) is 42.7 Å². The number of aromatic nitrogens is 2. The van der Waals surface area contributed by atoms with Crippen LogP contribution in [0.5, 0.6) is 0 Å². The molecule has 1 aromatic carbocycles. The summed E-state index contributed by atoms with van der Waals surface area (Å²) in [7, 11) is 0. The minimum Gasteiger partial charge on any atom is -0.329 e. The first-order valence-electron chi connectivity index (χ1n) is 6.14. The van der Waals surface area contributed by atoms with Gasteiger partial charge >= 0.3 is 0 Å². The average Bonchev–Trinajstić information content (AvgIpc) is 2.93. The minimum atomic E-state index is -0.569. The van der Waals surface area contributed by atoms with E-state index in [1.165, 1.54) is 0 Å². The molecule has 0 aliphatic carbocycles. The van der Waals surface area contributed by atoms with E-state index in [9.17, 15) is 4.79 Å². The summed E-state index contributed by atoms with van der Waals surface area (Å²) in [5.74, 6) is -0.0816. The maximum absolute atomic E-state index is 12.0. The van der Waals surface area contributed by atoms with Crippen molar-refractivity contribution in [2.75, 3.05) is 11.9 Å². The smallest absolute Gasteiger partial charge is 0.231 e. The fraction of sp³-hybridized carbons (Fsp3) is 0.286. The van der Waals surface area contributed by atoms with Crippen LogP contribution in [0.15, 0.2) is 42.7 Å². The highest BCUT2D eigenvalue weighted by Crippen LogP contribution is 2.18. The lowest BCUT2D eigenvalue weighted by Crippen LogP contribution is -2.37. The van der Waals surface area contributed by atoms with Crippen LogP contribution in [-0.4, -0.2) is 22.2 Å². The van der Waals surface area contributed by atoms with Crippen molar-refractivity contribution >= 4 is 24.0 Å². The molecule has 2 aromatic rings. The van der Waals surface area contributed by atoms with Crippen LogP contribution in [0.25, 0.3) is 5.69 Å². The summed E-state index contributed by atoms with van der Waals surface area (Å²) in [5.41, 5.74) is 6.71. The molecule has 5 nitrogen and oxygen atoms in total. The lowest BCUT2D eigenvalue weighted by molar-refractivity contribution is -0.123. The Balaban J connectivity index is 0.00000200. The molecule has 6 heteroatoms. The molecule has 1 amide bonds. The van der Waals surface area contributed by atoms with Crippen molar-refractivity contribution < 1.29 is 4.79 Å². The van der Waals surface area contributed by atoms with E-state index in [4.69, 9.17) is 5.73 Å². The molecule has 20 heavy (non-hydrogen) atoms. The maximum atomic E-state index is 12.0. The molecule has 0 atom stereocenters. The minimum absolute atomic E-state index is 0. The van der Waals surface area contributed by atoms with Gasteiger partial charge in [0.2, 0.25) is 5.91 Å². The number of carbonyl (C=O) groups excluding carboxylic acids is 1. The molecule has 0 aliphatic rings. The van der Waals surface area contributed by atoms with Gasteiger partial charge in [0.05, 0.1) is 11.1 Å². The molecule has 1 heterocycles. The van der Waals surface area contributed by atoms with E-state index < -0.39 is 5.41 Å². The van der Waals surface area contributed by atoms with Crippen LogP contribution in [0.3, 0.4) is 0 Å². The molecule has 1 aromatic heterocycles. The van der Waals surface area contributed by atoms with Crippen LogP contribution in [0.2, 0.25) is 0 Å². The Morgan fingerprint density at radius 3 is 2.50 bits per heavy atom. The topological polar surface area (TPSA) is 72.9 Å². The highest BCUT2D eigenvalue weighted by atomic mass is 35.5. The van der Waals surface area contributed by atoms with Gasteiger partial charge in [-0.15, -0.1) is 12.4 Å². The zero-order valence-corrected chi connectivity index (χ0v) is 12.4. The largest absolute Gasteiger partial charge is 0.329 e. The number of benzene rings is 1. The van der Waals surface area contributed by atoms with E-state index in [0.717, 1.165) is 11.4 Å². The van der Waals surface area contributed by atoms with Crippen LogP contribution in [0.1, 0.15) is 13.8 Å². The van der Waals surface area contributed by atoms with E-state index in [1.54, 1.807) is 10.9 Å². The molecule has 108 valence electrons. The maximum Gasteiger partial charge on any atom is 0.231 e. The Morgan fingerprint density at radius 2 is 2.00 bits per heavy atom. The Morgan fingerprint density at radius 1 is 1.35 bits per heavy atom. The van der Waals surface area contributed by atoms with Gasteiger partial charge < -0.3 is 11.1 Å². The van der Waals surface area contributed by atoms with Gasteiger partial charge in [0.1, 0.15) is 0 Å². The second-order valence-corrected chi connectivity index (χ2v) is 5.04. The van der Waals surface area contributed by atoms with Gasteiger partial charge in [0.25, 0.3) is 0 Å². The highest BCUT2D eigenvalue weighted by Gasteiger charge is 2.25. The lowest BCUT2D eigenvalue weighted by Gasteiger charge is -2.21. The quantitative estimate of drug-likeness (QED) is 0.908. The molecule has 0 radical (unpaired) electrons. The summed E-state index contributed by atoms with van der Waals surface area (Å²) >= 11 is 0. The molecule has 0 saturated heterocycles. The van der Waals surface area contributed by atoms with Crippen molar-refractivity contribution in [3.8, 4) is 5.69 Å². The van der Waals surface area contributed by atoms with E-state index in [2.05, 4.69) is 10.4 Å². The molecule has 0 bridgehead atoms. The van der Waals surface area contributed by atoms with E-state index in [0.29, 0.717) is 6.54 Å². The number of nitrogens with one attached hydrogen (secondary N) is 1.